The Morgan fingerprint density at radius 2 is 2.00 bits per heavy atom. The number of hydrogen-bond donors (Lipinski definition) is 0. The molecule has 104 valence electrons. The van der Waals surface area contributed by atoms with Gasteiger partial charge in [-0.25, -0.2) is 0 Å². The van der Waals surface area contributed by atoms with Crippen molar-refractivity contribution in [3.63, 3.8) is 0 Å². The van der Waals surface area contributed by atoms with Crippen LogP contribution in [0.5, 0.6) is 0 Å². The topological polar surface area (TPSA) is 64.4 Å². The summed E-state index contributed by atoms with van der Waals surface area (Å²) in [7, 11) is 1.73. The minimum atomic E-state index is -0.840. The molecule has 0 aromatic heterocycles. The van der Waals surface area contributed by atoms with E-state index in [4.69, 9.17) is 0 Å². The number of benzene rings is 1. The molecular weight excluding hydrogens is 254 g/mol. The molecule has 1 atom stereocenters. The molecular formula is C15H17N3O2. The Bertz CT molecular complexity index is 536. The summed E-state index contributed by atoms with van der Waals surface area (Å²) in [6.45, 7) is 1.21. The zero-order valence-electron chi connectivity index (χ0n) is 11.5. The van der Waals surface area contributed by atoms with Crippen LogP contribution in [0.1, 0.15) is 17.9 Å². The van der Waals surface area contributed by atoms with Gasteiger partial charge in [0.15, 0.2) is 0 Å². The van der Waals surface area contributed by atoms with Gasteiger partial charge in [0.1, 0.15) is 5.92 Å². The van der Waals surface area contributed by atoms with Crippen LogP contribution in [0.2, 0.25) is 0 Å². The third kappa shape index (κ3) is 2.97. The van der Waals surface area contributed by atoms with Crippen LogP contribution in [-0.4, -0.2) is 48.3 Å². The van der Waals surface area contributed by atoms with Gasteiger partial charge < -0.3 is 9.80 Å². The fourth-order valence-electron chi connectivity index (χ4n) is 2.27. The Kier molecular flexibility index (Phi) is 4.36. The van der Waals surface area contributed by atoms with Gasteiger partial charge in [-0.3, -0.25) is 9.59 Å². The highest BCUT2D eigenvalue weighted by molar-refractivity contribution is 5.90. The van der Waals surface area contributed by atoms with Crippen molar-refractivity contribution in [2.24, 2.45) is 0 Å². The summed E-state index contributed by atoms with van der Waals surface area (Å²) < 4.78 is 0. The summed E-state index contributed by atoms with van der Waals surface area (Å²) in [6.07, 6.45) is 0.737. The number of nitrogens with zero attached hydrogens (tertiary/aromatic N) is 3. The van der Waals surface area contributed by atoms with Crippen LogP contribution < -0.4 is 0 Å². The first-order chi connectivity index (χ1) is 9.63. The maximum absolute atomic E-state index is 12.5. The lowest BCUT2D eigenvalue weighted by Gasteiger charge is -2.22. The first-order valence-corrected chi connectivity index (χ1v) is 6.61. The van der Waals surface area contributed by atoms with Crippen molar-refractivity contribution in [2.75, 3.05) is 26.7 Å². The van der Waals surface area contributed by atoms with Crippen LogP contribution in [-0.2, 0) is 9.59 Å². The molecule has 0 saturated carbocycles. The predicted octanol–water partition coefficient (Wildman–Crippen LogP) is 0.984. The highest BCUT2D eigenvalue weighted by Gasteiger charge is 2.29. The highest BCUT2D eigenvalue weighted by atomic mass is 16.2. The summed E-state index contributed by atoms with van der Waals surface area (Å²) in [5, 5.41) is 9.28. The molecule has 0 aliphatic carbocycles. The van der Waals surface area contributed by atoms with Crippen LogP contribution in [0.25, 0.3) is 0 Å². The fourth-order valence-corrected chi connectivity index (χ4v) is 2.27. The van der Waals surface area contributed by atoms with E-state index in [0.717, 1.165) is 6.42 Å². The van der Waals surface area contributed by atoms with Gasteiger partial charge in [-0.2, -0.15) is 5.26 Å². The molecule has 2 amide bonds. The third-order valence-electron chi connectivity index (χ3n) is 3.49. The quantitative estimate of drug-likeness (QED) is 0.805. The van der Waals surface area contributed by atoms with Crippen LogP contribution >= 0.6 is 0 Å². The minimum Gasteiger partial charge on any atom is -0.344 e. The van der Waals surface area contributed by atoms with Crippen LogP contribution in [0.3, 0.4) is 0 Å². The Hall–Kier alpha value is -2.35. The van der Waals surface area contributed by atoms with Crippen molar-refractivity contribution in [1.82, 2.24) is 9.80 Å². The number of likely N-dealkylation sites (N-methyl/N-ethyl adjacent to an activating group) is 1. The molecule has 1 aromatic carbocycles. The molecule has 5 nitrogen and oxygen atoms in total. The average Bonchev–Trinajstić information content (AvgIpc) is 2.63. The van der Waals surface area contributed by atoms with Gasteiger partial charge in [0.2, 0.25) is 11.8 Å². The SMILES string of the molecule is CN1CCCN(C(=O)C(C#N)c2ccccc2)CC1=O. The number of amides is 2. The second kappa shape index (κ2) is 6.20. The van der Waals surface area contributed by atoms with E-state index < -0.39 is 5.92 Å². The van der Waals surface area contributed by atoms with Crippen LogP contribution in [0, 0.1) is 11.3 Å². The van der Waals surface area contributed by atoms with Crippen LogP contribution in [0.15, 0.2) is 30.3 Å². The number of rotatable bonds is 2. The van der Waals surface area contributed by atoms with Gasteiger partial charge in [-0.15, -0.1) is 0 Å². The Labute approximate surface area is 118 Å². The van der Waals surface area contributed by atoms with Gasteiger partial charge >= 0.3 is 0 Å². The molecule has 1 aliphatic heterocycles. The van der Waals surface area contributed by atoms with E-state index in [1.807, 2.05) is 12.1 Å². The monoisotopic (exact) mass is 271 g/mol. The molecule has 0 spiro atoms. The maximum atomic E-state index is 12.5. The van der Waals surface area contributed by atoms with E-state index in [-0.39, 0.29) is 18.4 Å². The molecule has 5 heteroatoms. The molecule has 0 radical (unpaired) electrons. The minimum absolute atomic E-state index is 0.0559. The Balaban J connectivity index is 2.17. The molecule has 1 saturated heterocycles. The number of carbonyl (C=O) groups is 2. The summed E-state index contributed by atoms with van der Waals surface area (Å²) >= 11 is 0. The van der Waals surface area contributed by atoms with E-state index in [9.17, 15) is 14.9 Å². The normalized spacial score (nSPS) is 17.3. The molecule has 1 unspecified atom stereocenters. The average molecular weight is 271 g/mol. The lowest BCUT2D eigenvalue weighted by Crippen LogP contribution is -2.40. The fraction of sp³-hybridized carbons (Fsp3) is 0.400. The van der Waals surface area contributed by atoms with Gasteiger partial charge in [0.05, 0.1) is 12.6 Å². The van der Waals surface area contributed by atoms with E-state index in [0.29, 0.717) is 18.7 Å². The second-order valence-electron chi connectivity index (χ2n) is 4.90. The summed E-state index contributed by atoms with van der Waals surface area (Å²) in [5.41, 5.74) is 0.671. The number of nitriles is 1. The molecule has 1 heterocycles. The number of hydrogen-bond acceptors (Lipinski definition) is 3. The summed E-state index contributed by atoms with van der Waals surface area (Å²) in [5.74, 6) is -1.21. The van der Waals surface area contributed by atoms with E-state index >= 15 is 0 Å². The zero-order valence-corrected chi connectivity index (χ0v) is 11.5. The van der Waals surface area contributed by atoms with Gasteiger partial charge in [0, 0.05) is 20.1 Å². The van der Waals surface area contributed by atoms with E-state index in [1.54, 1.807) is 36.2 Å². The van der Waals surface area contributed by atoms with Crippen molar-refractivity contribution in [3.8, 4) is 6.07 Å². The smallest absolute Gasteiger partial charge is 0.244 e. The zero-order chi connectivity index (χ0) is 14.5. The Morgan fingerprint density at radius 3 is 2.65 bits per heavy atom. The molecule has 1 aliphatic rings. The van der Waals surface area contributed by atoms with E-state index in [2.05, 4.69) is 0 Å². The molecule has 1 fully saturated rings. The number of carbonyl (C=O) groups excluding carboxylic acids is 2. The summed E-state index contributed by atoms with van der Waals surface area (Å²) in [6, 6.07) is 11.0. The largest absolute Gasteiger partial charge is 0.344 e. The molecule has 20 heavy (non-hydrogen) atoms. The predicted molar refractivity (Wildman–Crippen MR) is 73.6 cm³/mol. The molecule has 0 bridgehead atoms. The standard InChI is InChI=1S/C15H17N3O2/c1-17-8-5-9-18(11-14(17)19)15(20)13(10-16)12-6-3-2-4-7-12/h2-4,6-7,13H,5,8-9,11H2,1H3. The third-order valence-corrected chi connectivity index (χ3v) is 3.49. The molecule has 1 aromatic rings. The van der Waals surface area contributed by atoms with Gasteiger partial charge in [-0.05, 0) is 12.0 Å². The first-order valence-electron chi connectivity index (χ1n) is 6.61. The van der Waals surface area contributed by atoms with Crippen molar-refractivity contribution >= 4 is 11.8 Å². The lowest BCUT2D eigenvalue weighted by atomic mass is 9.99. The lowest BCUT2D eigenvalue weighted by molar-refractivity contribution is -0.138. The molecule has 0 N–H and O–H groups in total. The van der Waals surface area contributed by atoms with Crippen LogP contribution in [0.4, 0.5) is 0 Å². The van der Waals surface area contributed by atoms with Crippen molar-refractivity contribution < 1.29 is 9.59 Å². The van der Waals surface area contributed by atoms with E-state index in [1.165, 1.54) is 4.90 Å². The van der Waals surface area contributed by atoms with Crippen molar-refractivity contribution in [1.29, 1.82) is 5.26 Å². The van der Waals surface area contributed by atoms with Crippen molar-refractivity contribution in [3.05, 3.63) is 35.9 Å². The van der Waals surface area contributed by atoms with Gasteiger partial charge in [0.25, 0.3) is 0 Å². The summed E-state index contributed by atoms with van der Waals surface area (Å²) in [4.78, 5) is 27.4. The Morgan fingerprint density at radius 1 is 1.30 bits per heavy atom. The highest BCUT2D eigenvalue weighted by Crippen LogP contribution is 2.18. The first kappa shape index (κ1) is 14.1. The van der Waals surface area contributed by atoms with Crippen molar-refractivity contribution in [2.45, 2.75) is 12.3 Å². The molecule has 2 rings (SSSR count). The second-order valence-corrected chi connectivity index (χ2v) is 4.90. The van der Waals surface area contributed by atoms with Gasteiger partial charge in [-0.1, -0.05) is 30.3 Å². The maximum Gasteiger partial charge on any atom is 0.244 e.